The molecule has 3 unspecified atom stereocenters. The van der Waals surface area contributed by atoms with E-state index >= 15 is 0 Å². The van der Waals surface area contributed by atoms with E-state index in [-0.39, 0.29) is 6.17 Å². The summed E-state index contributed by atoms with van der Waals surface area (Å²) in [6.45, 7) is 0. The zero-order valence-electron chi connectivity index (χ0n) is 7.61. The summed E-state index contributed by atoms with van der Waals surface area (Å²) in [4.78, 5) is 2.24. The largest absolute Gasteiger partial charge is 0.711 e. The van der Waals surface area contributed by atoms with E-state index in [0.29, 0.717) is 6.04 Å². The van der Waals surface area contributed by atoms with Crippen LogP contribution in [-0.4, -0.2) is 24.2 Å². The predicted octanol–water partition coefficient (Wildman–Crippen LogP) is 2.23. The molecular weight excluding hydrogens is 150 g/mol. The quantitative estimate of drug-likeness (QED) is 0.550. The first kappa shape index (κ1) is 8.17. The van der Waals surface area contributed by atoms with Crippen LogP contribution in [0.1, 0.15) is 32.1 Å². The SMILES string of the molecule is CN1C(N=[N-])CC2CCCCC21. The van der Waals surface area contributed by atoms with E-state index in [1.54, 1.807) is 0 Å². The van der Waals surface area contributed by atoms with Crippen molar-refractivity contribution in [2.24, 2.45) is 11.0 Å². The third kappa shape index (κ3) is 1.16. The summed E-state index contributed by atoms with van der Waals surface area (Å²) < 4.78 is 0. The van der Waals surface area contributed by atoms with Crippen LogP contribution >= 0.6 is 0 Å². The molecule has 0 radical (unpaired) electrons. The third-order valence-corrected chi connectivity index (χ3v) is 3.51. The van der Waals surface area contributed by atoms with Crippen LogP contribution in [0.25, 0.3) is 5.53 Å². The molecule has 0 aromatic rings. The Bertz CT molecular complexity index is 181. The first-order valence-corrected chi connectivity index (χ1v) is 4.89. The smallest absolute Gasteiger partial charge is 0.0801 e. The molecule has 2 rings (SSSR count). The Balaban J connectivity index is 2.07. The maximum Gasteiger partial charge on any atom is 0.0801 e. The highest BCUT2D eigenvalue weighted by molar-refractivity contribution is 4.92. The van der Waals surface area contributed by atoms with Crippen molar-refractivity contribution < 1.29 is 0 Å². The molecule has 1 heterocycles. The van der Waals surface area contributed by atoms with Gasteiger partial charge in [-0.05, 0) is 32.2 Å². The van der Waals surface area contributed by atoms with Gasteiger partial charge in [-0.1, -0.05) is 12.8 Å². The maximum atomic E-state index is 8.77. The van der Waals surface area contributed by atoms with Crippen molar-refractivity contribution in [3.8, 4) is 0 Å². The normalized spacial score (nSPS) is 42.6. The fourth-order valence-corrected chi connectivity index (χ4v) is 2.79. The Morgan fingerprint density at radius 1 is 1.33 bits per heavy atom. The Morgan fingerprint density at radius 3 is 2.75 bits per heavy atom. The summed E-state index contributed by atoms with van der Waals surface area (Å²) >= 11 is 0. The second kappa shape index (κ2) is 3.13. The van der Waals surface area contributed by atoms with E-state index in [4.69, 9.17) is 5.53 Å². The van der Waals surface area contributed by atoms with Crippen molar-refractivity contribution in [3.05, 3.63) is 5.53 Å². The second-order valence-electron chi connectivity index (χ2n) is 4.11. The van der Waals surface area contributed by atoms with E-state index in [9.17, 15) is 0 Å². The van der Waals surface area contributed by atoms with Crippen molar-refractivity contribution in [2.45, 2.75) is 44.3 Å². The lowest BCUT2D eigenvalue weighted by Crippen LogP contribution is -2.34. The highest BCUT2D eigenvalue weighted by Gasteiger charge is 2.38. The van der Waals surface area contributed by atoms with Crippen LogP contribution in [-0.2, 0) is 0 Å². The van der Waals surface area contributed by atoms with E-state index < -0.39 is 0 Å². The summed E-state index contributed by atoms with van der Waals surface area (Å²) in [5.41, 5.74) is 8.77. The highest BCUT2D eigenvalue weighted by Crippen LogP contribution is 2.38. The minimum atomic E-state index is 0.0816. The Morgan fingerprint density at radius 2 is 2.08 bits per heavy atom. The Labute approximate surface area is 73.6 Å². The fraction of sp³-hybridized carbons (Fsp3) is 1.00. The number of hydrogen-bond acceptors (Lipinski definition) is 2. The molecule has 1 aliphatic carbocycles. The van der Waals surface area contributed by atoms with E-state index in [0.717, 1.165) is 12.3 Å². The van der Waals surface area contributed by atoms with Crippen molar-refractivity contribution in [1.82, 2.24) is 4.90 Å². The third-order valence-electron chi connectivity index (χ3n) is 3.51. The molecule has 68 valence electrons. The van der Waals surface area contributed by atoms with Gasteiger partial charge in [-0.15, -0.1) is 0 Å². The number of likely N-dealkylation sites (tertiary alicyclic amines) is 1. The lowest BCUT2D eigenvalue weighted by atomic mass is 9.85. The molecule has 3 nitrogen and oxygen atoms in total. The molecule has 1 aliphatic heterocycles. The van der Waals surface area contributed by atoms with Gasteiger partial charge in [0.25, 0.3) is 0 Å². The van der Waals surface area contributed by atoms with Gasteiger partial charge >= 0.3 is 0 Å². The van der Waals surface area contributed by atoms with Crippen LogP contribution in [0, 0.1) is 5.92 Å². The van der Waals surface area contributed by atoms with Crippen LogP contribution in [0.2, 0.25) is 0 Å². The van der Waals surface area contributed by atoms with Crippen LogP contribution in [0.5, 0.6) is 0 Å². The summed E-state index contributed by atoms with van der Waals surface area (Å²) in [7, 11) is 2.08. The number of hydrogen-bond donors (Lipinski definition) is 0. The predicted molar refractivity (Wildman–Crippen MR) is 47.7 cm³/mol. The molecule has 3 atom stereocenters. The zero-order valence-corrected chi connectivity index (χ0v) is 7.61. The molecule has 0 N–H and O–H groups in total. The molecule has 0 bridgehead atoms. The molecule has 0 aromatic carbocycles. The average Bonchev–Trinajstić information content (AvgIpc) is 2.44. The van der Waals surface area contributed by atoms with Crippen molar-refractivity contribution in [2.75, 3.05) is 7.05 Å². The zero-order chi connectivity index (χ0) is 8.55. The number of rotatable bonds is 1. The molecule has 12 heavy (non-hydrogen) atoms. The first-order chi connectivity index (χ1) is 5.83. The van der Waals surface area contributed by atoms with Crippen LogP contribution in [0.4, 0.5) is 0 Å². The van der Waals surface area contributed by atoms with Gasteiger partial charge in [0.05, 0.1) is 6.17 Å². The van der Waals surface area contributed by atoms with Gasteiger partial charge in [0.2, 0.25) is 0 Å². The number of nitrogens with zero attached hydrogens (tertiary/aromatic N) is 3. The van der Waals surface area contributed by atoms with Crippen molar-refractivity contribution in [3.63, 3.8) is 0 Å². The van der Waals surface area contributed by atoms with E-state index in [1.807, 2.05) is 0 Å². The molecule has 2 fully saturated rings. The number of fused-ring (bicyclic) bond motifs is 1. The summed E-state index contributed by atoms with van der Waals surface area (Å²) in [5, 5.41) is 3.42. The minimum Gasteiger partial charge on any atom is -0.711 e. The maximum absolute atomic E-state index is 8.77. The van der Waals surface area contributed by atoms with Crippen LogP contribution in [0.3, 0.4) is 0 Å². The Kier molecular flexibility index (Phi) is 2.13. The lowest BCUT2D eigenvalue weighted by molar-refractivity contribution is 0.189. The van der Waals surface area contributed by atoms with Gasteiger partial charge in [0.1, 0.15) is 0 Å². The van der Waals surface area contributed by atoms with Crippen LogP contribution < -0.4 is 0 Å². The molecule has 0 amide bonds. The lowest BCUT2D eigenvalue weighted by Gasteiger charge is -2.30. The standard InChI is InChI=1S/C9H16N3/c1-12-8-5-3-2-4-7(8)6-9(12)11-10/h7-9H,2-6H2,1H3/q-1. The summed E-state index contributed by atoms with van der Waals surface area (Å²) in [6.07, 6.45) is 6.50. The summed E-state index contributed by atoms with van der Waals surface area (Å²) in [6, 6.07) is 0.694. The fourth-order valence-electron chi connectivity index (χ4n) is 2.79. The summed E-state index contributed by atoms with van der Waals surface area (Å²) in [5.74, 6) is 0.796. The van der Waals surface area contributed by atoms with E-state index in [2.05, 4.69) is 17.1 Å². The van der Waals surface area contributed by atoms with E-state index in [1.165, 1.54) is 25.7 Å². The first-order valence-electron chi connectivity index (χ1n) is 4.89. The van der Waals surface area contributed by atoms with Gasteiger partial charge in [-0.3, -0.25) is 4.90 Å². The molecule has 3 heteroatoms. The van der Waals surface area contributed by atoms with Gasteiger partial charge in [-0.25, -0.2) is 0 Å². The molecule has 1 saturated carbocycles. The van der Waals surface area contributed by atoms with Gasteiger partial charge < -0.3 is 10.6 Å². The minimum absolute atomic E-state index is 0.0816. The topological polar surface area (TPSA) is 37.9 Å². The van der Waals surface area contributed by atoms with Gasteiger partial charge in [-0.2, -0.15) is 0 Å². The monoisotopic (exact) mass is 166 g/mol. The molecule has 0 spiro atoms. The van der Waals surface area contributed by atoms with Gasteiger partial charge in [0.15, 0.2) is 0 Å². The Hall–Kier alpha value is -0.440. The van der Waals surface area contributed by atoms with Gasteiger partial charge in [0, 0.05) is 6.04 Å². The van der Waals surface area contributed by atoms with Crippen LogP contribution in [0.15, 0.2) is 5.11 Å². The van der Waals surface area contributed by atoms with Crippen molar-refractivity contribution in [1.29, 1.82) is 0 Å². The van der Waals surface area contributed by atoms with Crippen molar-refractivity contribution >= 4 is 0 Å². The molecular formula is C9H16N3-. The molecule has 2 aliphatic rings. The average molecular weight is 166 g/mol. The highest BCUT2D eigenvalue weighted by atomic mass is 15.3. The molecule has 1 saturated heterocycles. The molecule has 0 aromatic heterocycles. The second-order valence-corrected chi connectivity index (χ2v) is 4.11.